The Morgan fingerprint density at radius 2 is 1.88 bits per heavy atom. The lowest BCUT2D eigenvalue weighted by Crippen LogP contribution is -3.13. The van der Waals surface area contributed by atoms with E-state index < -0.39 is 6.10 Å². The van der Waals surface area contributed by atoms with E-state index in [1.165, 1.54) is 27.2 Å². The van der Waals surface area contributed by atoms with Crippen LogP contribution in [0.5, 0.6) is 5.75 Å². The molecule has 2 aromatic carbocycles. The van der Waals surface area contributed by atoms with Gasteiger partial charge in [-0.2, -0.15) is 0 Å². The molecule has 1 heterocycles. The second-order valence-electron chi connectivity index (χ2n) is 7.60. The fourth-order valence-corrected chi connectivity index (χ4v) is 3.60. The quantitative estimate of drug-likeness (QED) is 0.847. The molecule has 0 bridgehead atoms. The molecule has 3 heteroatoms. The van der Waals surface area contributed by atoms with Crippen LogP contribution in [0.25, 0.3) is 0 Å². The van der Waals surface area contributed by atoms with Crippen molar-refractivity contribution in [3.63, 3.8) is 0 Å². The molecule has 3 rings (SSSR count). The molecule has 0 fully saturated rings. The molecule has 1 unspecified atom stereocenters. The van der Waals surface area contributed by atoms with E-state index in [2.05, 4.69) is 57.2 Å². The fourth-order valence-electron chi connectivity index (χ4n) is 3.60. The molecule has 3 nitrogen and oxygen atoms in total. The first-order valence-electron chi connectivity index (χ1n) is 9.34. The van der Waals surface area contributed by atoms with Gasteiger partial charge in [-0.05, 0) is 41.7 Å². The fraction of sp³-hybridized carbons (Fsp3) is 0.455. The molecule has 25 heavy (non-hydrogen) atoms. The molecule has 0 spiro atoms. The Balaban J connectivity index is 1.53. The number of aliphatic hydroxyl groups excluding tert-OH is 1. The van der Waals surface area contributed by atoms with E-state index in [9.17, 15) is 5.11 Å². The van der Waals surface area contributed by atoms with Crippen LogP contribution in [-0.2, 0) is 13.0 Å². The Kier molecular flexibility index (Phi) is 5.77. The monoisotopic (exact) mass is 340 g/mol. The minimum Gasteiger partial charge on any atom is -0.491 e. The molecule has 1 aliphatic rings. The molecular formula is C22H30NO2+. The van der Waals surface area contributed by atoms with E-state index in [4.69, 9.17) is 4.74 Å². The standard InChI is InChI=1S/C22H29NO2/c1-16(2)20-10-17(3)11-22(12-20)25-15-21(24)14-23-9-8-18-6-4-5-7-19(18)13-23/h4-7,10-12,16,21,24H,8-9,13-15H2,1-3H3/p+1/t21-/m0/s1. The third-order valence-corrected chi connectivity index (χ3v) is 5.01. The first kappa shape index (κ1) is 18.0. The summed E-state index contributed by atoms with van der Waals surface area (Å²) in [6.45, 7) is 9.62. The maximum Gasteiger partial charge on any atom is 0.137 e. The van der Waals surface area contributed by atoms with Crippen LogP contribution < -0.4 is 9.64 Å². The number of benzene rings is 2. The largest absolute Gasteiger partial charge is 0.491 e. The molecule has 0 saturated heterocycles. The number of fused-ring (bicyclic) bond motifs is 1. The van der Waals surface area contributed by atoms with Gasteiger partial charge in [0.15, 0.2) is 0 Å². The Morgan fingerprint density at radius 1 is 1.12 bits per heavy atom. The maximum atomic E-state index is 10.4. The van der Waals surface area contributed by atoms with Crippen LogP contribution >= 0.6 is 0 Å². The second kappa shape index (κ2) is 8.03. The highest BCUT2D eigenvalue weighted by Crippen LogP contribution is 2.22. The van der Waals surface area contributed by atoms with Gasteiger partial charge in [0, 0.05) is 12.0 Å². The molecule has 0 saturated carbocycles. The Hall–Kier alpha value is -1.84. The van der Waals surface area contributed by atoms with Gasteiger partial charge >= 0.3 is 0 Å². The lowest BCUT2D eigenvalue weighted by Gasteiger charge is -2.27. The highest BCUT2D eigenvalue weighted by molar-refractivity contribution is 5.35. The number of quaternary nitrogens is 1. The van der Waals surface area contributed by atoms with Crippen molar-refractivity contribution in [1.82, 2.24) is 0 Å². The number of nitrogens with one attached hydrogen (secondary N) is 1. The molecule has 0 radical (unpaired) electrons. The van der Waals surface area contributed by atoms with E-state index in [1.807, 2.05) is 6.07 Å². The summed E-state index contributed by atoms with van der Waals surface area (Å²) in [5.41, 5.74) is 5.35. The predicted molar refractivity (Wildman–Crippen MR) is 101 cm³/mol. The van der Waals surface area contributed by atoms with Crippen molar-refractivity contribution in [3.8, 4) is 5.75 Å². The third kappa shape index (κ3) is 4.83. The van der Waals surface area contributed by atoms with Gasteiger partial charge in [-0.15, -0.1) is 0 Å². The van der Waals surface area contributed by atoms with E-state index in [-0.39, 0.29) is 0 Å². The minimum absolute atomic E-state index is 0.353. The van der Waals surface area contributed by atoms with Gasteiger partial charge in [-0.25, -0.2) is 0 Å². The van der Waals surface area contributed by atoms with E-state index in [1.54, 1.807) is 0 Å². The van der Waals surface area contributed by atoms with Crippen molar-refractivity contribution in [2.45, 2.75) is 45.8 Å². The predicted octanol–water partition coefficient (Wildman–Crippen LogP) is 2.50. The highest BCUT2D eigenvalue weighted by Gasteiger charge is 2.22. The summed E-state index contributed by atoms with van der Waals surface area (Å²) in [7, 11) is 0. The van der Waals surface area contributed by atoms with Crippen molar-refractivity contribution < 1.29 is 14.7 Å². The number of aliphatic hydroxyl groups is 1. The van der Waals surface area contributed by atoms with E-state index >= 15 is 0 Å². The van der Waals surface area contributed by atoms with Crippen molar-refractivity contribution in [2.75, 3.05) is 19.7 Å². The SMILES string of the molecule is Cc1cc(OC[C@@H](O)C[NH+]2CCc3ccccc3C2)cc(C(C)C)c1. The number of hydrogen-bond acceptors (Lipinski definition) is 2. The average Bonchev–Trinajstić information content (AvgIpc) is 2.59. The zero-order chi connectivity index (χ0) is 17.8. The molecular weight excluding hydrogens is 310 g/mol. The highest BCUT2D eigenvalue weighted by atomic mass is 16.5. The number of rotatable bonds is 6. The van der Waals surface area contributed by atoms with Crippen molar-refractivity contribution >= 4 is 0 Å². The summed E-state index contributed by atoms with van der Waals surface area (Å²) in [5.74, 6) is 1.34. The second-order valence-corrected chi connectivity index (χ2v) is 7.60. The first-order valence-corrected chi connectivity index (χ1v) is 9.34. The molecule has 1 aliphatic heterocycles. The van der Waals surface area contributed by atoms with Crippen LogP contribution in [0.3, 0.4) is 0 Å². The van der Waals surface area contributed by atoms with E-state index in [0.717, 1.165) is 31.8 Å². The normalized spacial score (nSPS) is 18.0. The Bertz CT molecular complexity index is 711. The summed E-state index contributed by atoms with van der Waals surface area (Å²) in [5, 5.41) is 10.4. The van der Waals surface area contributed by atoms with Crippen LogP contribution in [0.2, 0.25) is 0 Å². The van der Waals surface area contributed by atoms with Gasteiger partial charge in [0.1, 0.15) is 31.5 Å². The molecule has 134 valence electrons. The van der Waals surface area contributed by atoms with Gasteiger partial charge in [0.2, 0.25) is 0 Å². The van der Waals surface area contributed by atoms with Gasteiger partial charge in [-0.3, -0.25) is 0 Å². The van der Waals surface area contributed by atoms with Crippen LogP contribution in [0.1, 0.15) is 42.0 Å². The minimum atomic E-state index is -0.441. The summed E-state index contributed by atoms with van der Waals surface area (Å²) in [4.78, 5) is 1.43. The third-order valence-electron chi connectivity index (χ3n) is 5.01. The Labute approximate surface area is 151 Å². The summed E-state index contributed by atoms with van der Waals surface area (Å²) >= 11 is 0. The van der Waals surface area contributed by atoms with Crippen LogP contribution in [0.15, 0.2) is 42.5 Å². The van der Waals surface area contributed by atoms with Crippen molar-refractivity contribution in [1.29, 1.82) is 0 Å². The Morgan fingerprint density at radius 3 is 2.64 bits per heavy atom. The topological polar surface area (TPSA) is 33.9 Å². The lowest BCUT2D eigenvalue weighted by molar-refractivity contribution is -0.918. The zero-order valence-electron chi connectivity index (χ0n) is 15.6. The van der Waals surface area contributed by atoms with Gasteiger partial charge in [0.05, 0.1) is 6.54 Å². The average molecular weight is 340 g/mol. The summed E-state index contributed by atoms with van der Waals surface area (Å²) in [6.07, 6.45) is 0.651. The van der Waals surface area contributed by atoms with Crippen LogP contribution in [0.4, 0.5) is 0 Å². The van der Waals surface area contributed by atoms with Crippen LogP contribution in [0, 0.1) is 6.92 Å². The summed E-state index contributed by atoms with van der Waals surface area (Å²) < 4.78 is 5.89. The van der Waals surface area contributed by atoms with Gasteiger partial charge in [0.25, 0.3) is 0 Å². The molecule has 2 aromatic rings. The molecule has 2 N–H and O–H groups in total. The number of hydrogen-bond donors (Lipinski definition) is 2. The zero-order valence-corrected chi connectivity index (χ0v) is 15.6. The lowest BCUT2D eigenvalue weighted by atomic mass is 10.00. The smallest absolute Gasteiger partial charge is 0.137 e. The van der Waals surface area contributed by atoms with Crippen LogP contribution in [-0.4, -0.2) is 30.9 Å². The van der Waals surface area contributed by atoms with Gasteiger partial charge in [-0.1, -0.05) is 44.2 Å². The summed E-state index contributed by atoms with van der Waals surface area (Å²) in [6, 6.07) is 15.0. The number of aryl methyl sites for hydroxylation is 1. The maximum absolute atomic E-state index is 10.4. The van der Waals surface area contributed by atoms with Gasteiger partial charge < -0.3 is 14.7 Å². The molecule has 0 aliphatic carbocycles. The van der Waals surface area contributed by atoms with Crippen molar-refractivity contribution in [2.24, 2.45) is 0 Å². The van der Waals surface area contributed by atoms with Crippen molar-refractivity contribution in [3.05, 3.63) is 64.7 Å². The molecule has 0 amide bonds. The molecule has 0 aromatic heterocycles. The first-order chi connectivity index (χ1) is 12.0. The molecule has 2 atom stereocenters. The number of ether oxygens (including phenoxy) is 1. The van der Waals surface area contributed by atoms with E-state index in [0.29, 0.717) is 12.5 Å².